The Morgan fingerprint density at radius 2 is 2.42 bits per heavy atom. The van der Waals surface area contributed by atoms with E-state index in [1.165, 1.54) is 13.3 Å². The molecule has 0 fully saturated rings. The van der Waals surface area contributed by atoms with E-state index in [-0.39, 0.29) is 5.78 Å². The predicted molar refractivity (Wildman–Crippen MR) is 43.0 cm³/mol. The Balaban J connectivity index is 2.83. The quantitative estimate of drug-likeness (QED) is 0.598. The summed E-state index contributed by atoms with van der Waals surface area (Å²) in [6.45, 7) is 1.51. The molecule has 0 bridgehead atoms. The van der Waals surface area contributed by atoms with Gasteiger partial charge in [0.05, 0.1) is 5.56 Å². The first-order chi connectivity index (χ1) is 5.70. The Bertz CT molecular complexity index is 439. The first-order valence-electron chi connectivity index (χ1n) is 3.59. The zero-order valence-corrected chi connectivity index (χ0v) is 6.87. The molecule has 2 rings (SSSR count). The number of aryl methyl sites for hydroxylation is 1. The van der Waals surface area contributed by atoms with E-state index < -0.39 is 0 Å². The summed E-state index contributed by atoms with van der Waals surface area (Å²) in [4.78, 5) is 15.0. The van der Waals surface area contributed by atoms with Gasteiger partial charge in [0, 0.05) is 13.2 Å². The van der Waals surface area contributed by atoms with E-state index in [0.717, 1.165) is 0 Å². The van der Waals surface area contributed by atoms with Crippen LogP contribution >= 0.6 is 0 Å². The molecule has 0 spiro atoms. The van der Waals surface area contributed by atoms with Crippen LogP contribution in [0.3, 0.4) is 0 Å². The van der Waals surface area contributed by atoms with E-state index in [0.29, 0.717) is 16.8 Å². The maximum Gasteiger partial charge on any atom is 0.183 e. The molecule has 0 radical (unpaired) electrons. The first-order valence-corrected chi connectivity index (χ1v) is 3.59. The van der Waals surface area contributed by atoms with Gasteiger partial charge in [-0.1, -0.05) is 0 Å². The van der Waals surface area contributed by atoms with Gasteiger partial charge >= 0.3 is 0 Å². The molecule has 62 valence electrons. The molecule has 0 amide bonds. The summed E-state index contributed by atoms with van der Waals surface area (Å²) in [5.41, 5.74) is 1.87. The second kappa shape index (κ2) is 2.20. The third-order valence-electron chi connectivity index (χ3n) is 1.83. The van der Waals surface area contributed by atoms with Crippen LogP contribution in [0, 0.1) is 0 Å². The number of nitrogens with zero attached hydrogens (tertiary/aromatic N) is 2. The first kappa shape index (κ1) is 7.09. The Morgan fingerprint density at radius 3 is 3.08 bits per heavy atom. The van der Waals surface area contributed by atoms with Crippen LogP contribution in [-0.2, 0) is 7.05 Å². The molecule has 0 aliphatic heterocycles. The van der Waals surface area contributed by atoms with Crippen LogP contribution in [0.4, 0.5) is 0 Å². The molecular formula is C8H8N2O2. The van der Waals surface area contributed by atoms with Crippen molar-refractivity contribution >= 4 is 17.0 Å². The fraction of sp³-hybridized carbons (Fsp3) is 0.250. The van der Waals surface area contributed by atoms with Crippen molar-refractivity contribution in [2.75, 3.05) is 0 Å². The van der Waals surface area contributed by atoms with Gasteiger partial charge < -0.3 is 8.98 Å². The average molecular weight is 164 g/mol. The highest BCUT2D eigenvalue weighted by Crippen LogP contribution is 2.18. The summed E-state index contributed by atoms with van der Waals surface area (Å²) in [6.07, 6.45) is 3.07. The SMILES string of the molecule is CC(=O)c1cn(C)c2ncoc12. The Labute approximate surface area is 68.8 Å². The number of hydrogen-bond acceptors (Lipinski definition) is 3. The minimum atomic E-state index is -0.00245. The van der Waals surface area contributed by atoms with Gasteiger partial charge in [-0.25, -0.2) is 0 Å². The van der Waals surface area contributed by atoms with Crippen molar-refractivity contribution in [1.29, 1.82) is 0 Å². The van der Waals surface area contributed by atoms with Crippen molar-refractivity contribution in [2.24, 2.45) is 7.05 Å². The summed E-state index contributed by atoms with van der Waals surface area (Å²) >= 11 is 0. The highest BCUT2D eigenvalue weighted by Gasteiger charge is 2.13. The lowest BCUT2D eigenvalue weighted by Gasteiger charge is -1.86. The molecular weight excluding hydrogens is 156 g/mol. The minimum Gasteiger partial charge on any atom is -0.441 e. The molecule has 0 saturated carbocycles. The highest BCUT2D eigenvalue weighted by molar-refractivity contribution is 6.03. The molecule has 0 aliphatic rings. The maximum absolute atomic E-state index is 11.1. The normalized spacial score (nSPS) is 10.8. The molecule has 0 aliphatic carbocycles. The Morgan fingerprint density at radius 1 is 1.67 bits per heavy atom. The predicted octanol–water partition coefficient (Wildman–Crippen LogP) is 1.37. The molecule has 2 aromatic rings. The summed E-state index contributed by atoms with van der Waals surface area (Å²) in [6, 6.07) is 0. The Kier molecular flexibility index (Phi) is 1.30. The molecule has 0 atom stereocenters. The summed E-state index contributed by atoms with van der Waals surface area (Å²) in [5, 5.41) is 0. The van der Waals surface area contributed by atoms with Crippen molar-refractivity contribution in [3.05, 3.63) is 18.2 Å². The lowest BCUT2D eigenvalue weighted by molar-refractivity contribution is 0.101. The zero-order chi connectivity index (χ0) is 8.72. The van der Waals surface area contributed by atoms with Gasteiger partial charge in [-0.05, 0) is 6.92 Å². The number of rotatable bonds is 1. The van der Waals surface area contributed by atoms with E-state index in [4.69, 9.17) is 4.42 Å². The number of oxazole rings is 1. The van der Waals surface area contributed by atoms with Crippen molar-refractivity contribution in [3.63, 3.8) is 0 Å². The smallest absolute Gasteiger partial charge is 0.183 e. The van der Waals surface area contributed by atoms with E-state index in [1.54, 1.807) is 10.8 Å². The maximum atomic E-state index is 11.1. The number of fused-ring (bicyclic) bond motifs is 1. The van der Waals surface area contributed by atoms with Gasteiger partial charge in [-0.15, -0.1) is 0 Å². The van der Waals surface area contributed by atoms with E-state index >= 15 is 0 Å². The molecule has 4 heteroatoms. The molecule has 0 aromatic carbocycles. The van der Waals surface area contributed by atoms with E-state index in [2.05, 4.69) is 4.98 Å². The van der Waals surface area contributed by atoms with Crippen LogP contribution in [0.2, 0.25) is 0 Å². The number of ketones is 1. The summed E-state index contributed by atoms with van der Waals surface area (Å²) < 4.78 is 6.85. The standard InChI is InChI=1S/C8H8N2O2/c1-5(11)6-3-10(2)8-7(6)12-4-9-8/h3-4H,1-2H3. The fourth-order valence-electron chi connectivity index (χ4n) is 1.24. The molecule has 4 nitrogen and oxygen atoms in total. The van der Waals surface area contributed by atoms with Gasteiger partial charge in [-0.3, -0.25) is 4.79 Å². The molecule has 0 unspecified atom stereocenters. The lowest BCUT2D eigenvalue weighted by Crippen LogP contribution is -1.89. The van der Waals surface area contributed by atoms with Crippen molar-refractivity contribution in [3.8, 4) is 0 Å². The average Bonchev–Trinajstić information content (AvgIpc) is 2.53. The van der Waals surface area contributed by atoms with Crippen LogP contribution in [0.1, 0.15) is 17.3 Å². The second-order valence-corrected chi connectivity index (χ2v) is 2.71. The van der Waals surface area contributed by atoms with Crippen LogP contribution in [-0.4, -0.2) is 15.3 Å². The molecule has 12 heavy (non-hydrogen) atoms. The van der Waals surface area contributed by atoms with Crippen molar-refractivity contribution < 1.29 is 9.21 Å². The van der Waals surface area contributed by atoms with E-state index in [9.17, 15) is 4.79 Å². The minimum absolute atomic E-state index is 0.00245. The zero-order valence-electron chi connectivity index (χ0n) is 6.87. The van der Waals surface area contributed by atoms with Gasteiger partial charge in [0.25, 0.3) is 0 Å². The number of carbonyl (C=O) groups excluding carboxylic acids is 1. The fourth-order valence-corrected chi connectivity index (χ4v) is 1.24. The van der Waals surface area contributed by atoms with Crippen molar-refractivity contribution in [2.45, 2.75) is 6.92 Å². The van der Waals surface area contributed by atoms with Gasteiger partial charge in [0.2, 0.25) is 0 Å². The van der Waals surface area contributed by atoms with Gasteiger partial charge in [0.1, 0.15) is 0 Å². The molecule has 2 aromatic heterocycles. The van der Waals surface area contributed by atoms with E-state index in [1.807, 2.05) is 7.05 Å². The third kappa shape index (κ3) is 0.777. The molecule has 2 heterocycles. The lowest BCUT2D eigenvalue weighted by atomic mass is 10.2. The monoisotopic (exact) mass is 164 g/mol. The van der Waals surface area contributed by atoms with Gasteiger partial charge in [0.15, 0.2) is 23.4 Å². The summed E-state index contributed by atoms with van der Waals surface area (Å²) in [7, 11) is 1.83. The topological polar surface area (TPSA) is 48.0 Å². The van der Waals surface area contributed by atoms with Crippen LogP contribution < -0.4 is 0 Å². The third-order valence-corrected chi connectivity index (χ3v) is 1.83. The largest absolute Gasteiger partial charge is 0.441 e. The number of carbonyl (C=O) groups is 1. The van der Waals surface area contributed by atoms with Crippen LogP contribution in [0.5, 0.6) is 0 Å². The second-order valence-electron chi connectivity index (χ2n) is 2.71. The summed E-state index contributed by atoms with van der Waals surface area (Å²) in [5.74, 6) is -0.00245. The van der Waals surface area contributed by atoms with Crippen LogP contribution in [0.25, 0.3) is 11.2 Å². The Hall–Kier alpha value is -1.58. The number of hydrogen-bond donors (Lipinski definition) is 0. The molecule has 0 N–H and O–H groups in total. The van der Waals surface area contributed by atoms with Gasteiger partial charge in [-0.2, -0.15) is 4.98 Å². The number of aromatic nitrogens is 2. The van der Waals surface area contributed by atoms with Crippen molar-refractivity contribution in [1.82, 2.24) is 9.55 Å². The van der Waals surface area contributed by atoms with Crippen LogP contribution in [0.15, 0.2) is 17.0 Å². The number of Topliss-reactive ketones (excluding diaryl/α,β-unsaturated/α-hetero) is 1. The highest BCUT2D eigenvalue weighted by atomic mass is 16.3. The molecule has 0 saturated heterocycles.